The number of nitrogens with zero attached hydrogens (tertiary/aromatic N) is 1. The maximum Gasteiger partial charge on any atom is 0.416 e. The predicted molar refractivity (Wildman–Crippen MR) is 89.7 cm³/mol. The van der Waals surface area contributed by atoms with Gasteiger partial charge in [-0.05, 0) is 36.4 Å². The van der Waals surface area contributed by atoms with Crippen molar-refractivity contribution in [2.75, 3.05) is 10.0 Å². The van der Waals surface area contributed by atoms with Gasteiger partial charge in [-0.1, -0.05) is 0 Å². The number of rotatable bonds is 5. The Morgan fingerprint density at radius 3 is 2.19 bits per heavy atom. The standard InChI is InChI=1S/C15H12F3N3O5S/c1-9(22)19-11-3-5-12(6-4-11)27(25,26)20-13-7-2-10(15(16,17)18)8-14(13)21(23)24/h2-8,20H,1H3,(H,19,22). The van der Waals surface area contributed by atoms with Crippen LogP contribution in [0.3, 0.4) is 0 Å². The lowest BCUT2D eigenvalue weighted by Gasteiger charge is -2.11. The fourth-order valence-corrected chi connectivity index (χ4v) is 3.14. The number of benzene rings is 2. The molecule has 8 nitrogen and oxygen atoms in total. The highest BCUT2D eigenvalue weighted by molar-refractivity contribution is 7.92. The average Bonchev–Trinajstić information content (AvgIpc) is 2.53. The minimum absolute atomic E-state index is 0.248. The summed E-state index contributed by atoms with van der Waals surface area (Å²) in [5, 5.41) is 13.5. The fourth-order valence-electron chi connectivity index (χ4n) is 2.07. The number of hydrogen-bond acceptors (Lipinski definition) is 5. The topological polar surface area (TPSA) is 118 Å². The van der Waals surface area contributed by atoms with Gasteiger partial charge in [0, 0.05) is 18.7 Å². The van der Waals surface area contributed by atoms with Crippen LogP contribution in [0.2, 0.25) is 0 Å². The highest BCUT2D eigenvalue weighted by atomic mass is 32.2. The molecule has 0 bridgehead atoms. The van der Waals surface area contributed by atoms with E-state index in [9.17, 15) is 36.5 Å². The van der Waals surface area contributed by atoms with Crippen molar-refractivity contribution in [2.24, 2.45) is 0 Å². The third kappa shape index (κ3) is 4.94. The molecule has 2 N–H and O–H groups in total. The number of carbonyl (C=O) groups is 1. The Hall–Kier alpha value is -3.15. The normalized spacial score (nSPS) is 11.7. The molecule has 12 heteroatoms. The van der Waals surface area contributed by atoms with Crippen molar-refractivity contribution in [3.8, 4) is 0 Å². The minimum Gasteiger partial charge on any atom is -0.326 e. The number of alkyl halides is 3. The van der Waals surface area contributed by atoms with E-state index in [4.69, 9.17) is 0 Å². The first-order chi connectivity index (χ1) is 12.4. The van der Waals surface area contributed by atoms with Crippen LogP contribution in [0, 0.1) is 10.1 Å². The third-order valence-corrected chi connectivity index (χ3v) is 4.63. The largest absolute Gasteiger partial charge is 0.416 e. The smallest absolute Gasteiger partial charge is 0.326 e. The number of carbonyl (C=O) groups excluding carboxylic acids is 1. The molecule has 0 unspecified atom stereocenters. The molecule has 0 saturated carbocycles. The van der Waals surface area contributed by atoms with Gasteiger partial charge >= 0.3 is 6.18 Å². The first-order valence-corrected chi connectivity index (χ1v) is 8.64. The fraction of sp³-hybridized carbons (Fsp3) is 0.133. The van der Waals surface area contributed by atoms with E-state index in [1.165, 1.54) is 19.1 Å². The zero-order valence-corrected chi connectivity index (χ0v) is 14.4. The molecule has 27 heavy (non-hydrogen) atoms. The van der Waals surface area contributed by atoms with Crippen molar-refractivity contribution in [3.63, 3.8) is 0 Å². The molecule has 0 radical (unpaired) electrons. The molecular weight excluding hydrogens is 391 g/mol. The van der Waals surface area contributed by atoms with E-state index in [2.05, 4.69) is 5.32 Å². The molecule has 0 aliphatic heterocycles. The number of hydrogen-bond donors (Lipinski definition) is 2. The highest BCUT2D eigenvalue weighted by Crippen LogP contribution is 2.35. The molecule has 0 saturated heterocycles. The number of sulfonamides is 1. The first-order valence-electron chi connectivity index (χ1n) is 7.16. The summed E-state index contributed by atoms with van der Waals surface area (Å²) in [5.74, 6) is -0.371. The van der Waals surface area contributed by atoms with E-state index in [0.717, 1.165) is 12.1 Å². The molecule has 2 rings (SSSR count). The average molecular weight is 403 g/mol. The Kier molecular flexibility index (Phi) is 5.40. The summed E-state index contributed by atoms with van der Waals surface area (Å²) in [6.07, 6.45) is -4.82. The van der Waals surface area contributed by atoms with Crippen molar-refractivity contribution >= 4 is 33.0 Å². The molecule has 0 spiro atoms. The van der Waals surface area contributed by atoms with Crippen LogP contribution in [0.5, 0.6) is 0 Å². The Balaban J connectivity index is 2.37. The van der Waals surface area contributed by atoms with Crippen molar-refractivity contribution in [3.05, 3.63) is 58.1 Å². The lowest BCUT2D eigenvalue weighted by atomic mass is 10.1. The number of amides is 1. The first kappa shape index (κ1) is 20.2. The maximum atomic E-state index is 12.7. The maximum absolute atomic E-state index is 12.7. The molecule has 0 aromatic heterocycles. The lowest BCUT2D eigenvalue weighted by Crippen LogP contribution is -2.15. The number of nitro benzene ring substituents is 1. The van der Waals surface area contributed by atoms with Gasteiger partial charge in [-0.3, -0.25) is 19.6 Å². The monoisotopic (exact) mass is 403 g/mol. The van der Waals surface area contributed by atoms with Gasteiger partial charge in [-0.2, -0.15) is 13.2 Å². The minimum atomic E-state index is -4.82. The van der Waals surface area contributed by atoms with Gasteiger partial charge in [0.05, 0.1) is 15.4 Å². The zero-order chi connectivity index (χ0) is 20.4. The molecule has 0 fully saturated rings. The van der Waals surface area contributed by atoms with Crippen molar-refractivity contribution in [1.29, 1.82) is 0 Å². The molecule has 0 aliphatic rings. The van der Waals surface area contributed by atoms with E-state index in [0.29, 0.717) is 17.8 Å². The van der Waals surface area contributed by atoms with Gasteiger partial charge in [0.2, 0.25) is 5.91 Å². The van der Waals surface area contributed by atoms with Crippen LogP contribution in [-0.4, -0.2) is 19.2 Å². The van der Waals surface area contributed by atoms with E-state index < -0.39 is 38.1 Å². The van der Waals surface area contributed by atoms with Crippen LogP contribution in [0.1, 0.15) is 12.5 Å². The van der Waals surface area contributed by atoms with E-state index >= 15 is 0 Å². The van der Waals surface area contributed by atoms with Gasteiger partial charge in [-0.25, -0.2) is 8.42 Å². The predicted octanol–water partition coefficient (Wildman–Crippen LogP) is 3.37. The van der Waals surface area contributed by atoms with Gasteiger partial charge in [0.1, 0.15) is 5.69 Å². The van der Waals surface area contributed by atoms with Crippen LogP contribution < -0.4 is 10.0 Å². The zero-order valence-electron chi connectivity index (χ0n) is 13.6. The van der Waals surface area contributed by atoms with E-state index in [1.54, 1.807) is 0 Å². The van der Waals surface area contributed by atoms with Gasteiger partial charge in [-0.15, -0.1) is 0 Å². The van der Waals surface area contributed by atoms with Crippen LogP contribution in [-0.2, 0) is 21.0 Å². The number of nitrogens with one attached hydrogen (secondary N) is 2. The van der Waals surface area contributed by atoms with Crippen LogP contribution in [0.25, 0.3) is 0 Å². The quantitative estimate of drug-likeness (QED) is 0.586. The van der Waals surface area contributed by atoms with E-state index in [-0.39, 0.29) is 16.9 Å². The number of nitro groups is 1. The molecule has 2 aromatic carbocycles. The Bertz CT molecular complexity index is 989. The molecule has 1 amide bonds. The summed E-state index contributed by atoms with van der Waals surface area (Å²) in [6, 6.07) is 6.29. The summed E-state index contributed by atoms with van der Waals surface area (Å²) < 4.78 is 64.7. The lowest BCUT2D eigenvalue weighted by molar-refractivity contribution is -0.384. The van der Waals surface area contributed by atoms with Crippen LogP contribution in [0.15, 0.2) is 47.4 Å². The number of anilines is 2. The van der Waals surface area contributed by atoms with Crippen molar-refractivity contribution in [1.82, 2.24) is 0 Å². The van der Waals surface area contributed by atoms with Crippen molar-refractivity contribution < 1.29 is 31.3 Å². The second-order valence-electron chi connectivity index (χ2n) is 5.30. The summed E-state index contributed by atoms with van der Waals surface area (Å²) in [6.45, 7) is 1.26. The molecule has 2 aromatic rings. The molecule has 0 aliphatic carbocycles. The van der Waals surface area contributed by atoms with Gasteiger partial charge < -0.3 is 5.32 Å². The second kappa shape index (κ2) is 7.23. The Labute approximate surface area is 151 Å². The van der Waals surface area contributed by atoms with Crippen LogP contribution in [0.4, 0.5) is 30.2 Å². The summed E-state index contributed by atoms with van der Waals surface area (Å²) in [5.41, 5.74) is -2.61. The molecule has 144 valence electrons. The SMILES string of the molecule is CC(=O)Nc1ccc(S(=O)(=O)Nc2ccc(C(F)(F)F)cc2[N+](=O)[O-])cc1. The Morgan fingerprint density at radius 2 is 1.70 bits per heavy atom. The molecule has 0 atom stereocenters. The van der Waals surface area contributed by atoms with Crippen LogP contribution >= 0.6 is 0 Å². The van der Waals surface area contributed by atoms with Crippen molar-refractivity contribution in [2.45, 2.75) is 18.0 Å². The third-order valence-electron chi connectivity index (χ3n) is 3.25. The van der Waals surface area contributed by atoms with E-state index in [1.807, 2.05) is 4.72 Å². The summed E-state index contributed by atoms with van der Waals surface area (Å²) in [7, 11) is -4.31. The number of halogens is 3. The van der Waals surface area contributed by atoms with Gasteiger partial charge in [0.25, 0.3) is 15.7 Å². The molecular formula is C15H12F3N3O5S. The summed E-state index contributed by atoms with van der Waals surface area (Å²) >= 11 is 0. The second-order valence-corrected chi connectivity index (χ2v) is 6.98. The highest BCUT2D eigenvalue weighted by Gasteiger charge is 2.33. The Morgan fingerprint density at radius 1 is 1.11 bits per heavy atom. The van der Waals surface area contributed by atoms with Gasteiger partial charge in [0.15, 0.2) is 0 Å². The summed E-state index contributed by atoms with van der Waals surface area (Å²) in [4.78, 5) is 20.6. The molecule has 0 heterocycles.